The highest BCUT2D eigenvalue weighted by molar-refractivity contribution is 5.79. The Morgan fingerprint density at radius 3 is 2.67 bits per heavy atom. The molecule has 4 aliphatic carbocycles. The Hall–Kier alpha value is -0.330. The van der Waals surface area contributed by atoms with Crippen LogP contribution in [0, 0.1) is 40.9 Å². The van der Waals surface area contributed by atoms with Crippen LogP contribution < -0.4 is 0 Å². The molecule has 0 bridgehead atoms. The third kappa shape index (κ3) is 1.98. The summed E-state index contributed by atoms with van der Waals surface area (Å²) in [6.07, 6.45) is 13.2. The predicted molar refractivity (Wildman–Crippen MR) is 85.9 cm³/mol. The van der Waals surface area contributed by atoms with Gasteiger partial charge in [0.05, 0.1) is 0 Å². The molecular formula is C20H32O. The lowest BCUT2D eigenvalue weighted by atomic mass is 9.49. The minimum atomic E-state index is 0.558. The highest BCUT2D eigenvalue weighted by atomic mass is 16.1. The predicted octanol–water partition coefficient (Wildman–Crippen LogP) is 5.23. The van der Waals surface area contributed by atoms with Crippen LogP contribution in [-0.4, -0.2) is 5.78 Å². The number of rotatable bonds is 1. The van der Waals surface area contributed by atoms with Crippen LogP contribution in [0.1, 0.15) is 78.1 Å². The summed E-state index contributed by atoms with van der Waals surface area (Å²) in [5, 5.41) is 0. The van der Waals surface area contributed by atoms with Crippen molar-refractivity contribution in [3.05, 3.63) is 0 Å². The molecule has 0 saturated heterocycles. The molecule has 4 rings (SSSR count). The van der Waals surface area contributed by atoms with E-state index >= 15 is 0 Å². The fraction of sp³-hybridized carbons (Fsp3) is 0.950. The third-order valence-corrected chi connectivity index (χ3v) is 8.57. The van der Waals surface area contributed by atoms with Crippen LogP contribution in [-0.2, 0) is 4.79 Å². The summed E-state index contributed by atoms with van der Waals surface area (Å²) < 4.78 is 0. The zero-order valence-corrected chi connectivity index (χ0v) is 13.9. The standard InChI is InChI=1S/C20H32O/c1-3-20-11-10-17-16-8-6-15(21)12-14(16)5-7-18(17)19(20)9-4-13(20)2/h13-14,16-19H,3-12H2,1-2H3/t13?,14?,16-,17?,18?,19?,20?/m0/s1. The Kier molecular flexibility index (Phi) is 3.47. The van der Waals surface area contributed by atoms with Crippen molar-refractivity contribution in [3.8, 4) is 0 Å². The molecule has 0 N–H and O–H groups in total. The topological polar surface area (TPSA) is 17.1 Å². The summed E-state index contributed by atoms with van der Waals surface area (Å²) in [6.45, 7) is 4.99. The van der Waals surface area contributed by atoms with Crippen LogP contribution >= 0.6 is 0 Å². The summed E-state index contributed by atoms with van der Waals surface area (Å²) >= 11 is 0. The van der Waals surface area contributed by atoms with E-state index in [2.05, 4.69) is 13.8 Å². The Morgan fingerprint density at radius 1 is 1.00 bits per heavy atom. The number of carbonyl (C=O) groups is 1. The molecule has 4 aliphatic rings. The maximum Gasteiger partial charge on any atom is 0.133 e. The lowest BCUT2D eigenvalue weighted by molar-refractivity contribution is -0.127. The Morgan fingerprint density at radius 2 is 1.86 bits per heavy atom. The number of hydrogen-bond acceptors (Lipinski definition) is 1. The zero-order valence-electron chi connectivity index (χ0n) is 13.9. The molecule has 7 atom stereocenters. The van der Waals surface area contributed by atoms with E-state index in [-0.39, 0.29) is 0 Å². The van der Waals surface area contributed by atoms with Gasteiger partial charge in [0, 0.05) is 12.8 Å². The van der Waals surface area contributed by atoms with Crippen LogP contribution in [0.4, 0.5) is 0 Å². The number of hydrogen-bond donors (Lipinski definition) is 0. The van der Waals surface area contributed by atoms with Crippen molar-refractivity contribution in [2.24, 2.45) is 40.9 Å². The second-order valence-electron chi connectivity index (χ2n) is 8.82. The monoisotopic (exact) mass is 288 g/mol. The van der Waals surface area contributed by atoms with Crippen molar-refractivity contribution in [1.82, 2.24) is 0 Å². The number of fused-ring (bicyclic) bond motifs is 5. The second-order valence-corrected chi connectivity index (χ2v) is 8.82. The van der Waals surface area contributed by atoms with Gasteiger partial charge < -0.3 is 0 Å². The van der Waals surface area contributed by atoms with Gasteiger partial charge in [-0.25, -0.2) is 0 Å². The van der Waals surface area contributed by atoms with Gasteiger partial charge in [0.15, 0.2) is 0 Å². The van der Waals surface area contributed by atoms with E-state index in [4.69, 9.17) is 0 Å². The highest BCUT2D eigenvalue weighted by Crippen LogP contribution is 2.65. The van der Waals surface area contributed by atoms with E-state index < -0.39 is 0 Å². The quantitative estimate of drug-likeness (QED) is 0.645. The van der Waals surface area contributed by atoms with Gasteiger partial charge >= 0.3 is 0 Å². The molecular weight excluding hydrogens is 256 g/mol. The zero-order chi connectivity index (χ0) is 14.6. The van der Waals surface area contributed by atoms with Crippen LogP contribution in [0.15, 0.2) is 0 Å². The summed E-state index contributed by atoms with van der Waals surface area (Å²) in [5.74, 6) is 6.20. The smallest absolute Gasteiger partial charge is 0.133 e. The van der Waals surface area contributed by atoms with E-state index in [1.807, 2.05) is 0 Å². The first-order chi connectivity index (χ1) is 10.2. The molecule has 0 amide bonds. The van der Waals surface area contributed by atoms with Gasteiger partial charge in [0.25, 0.3) is 0 Å². The Labute approximate surface area is 130 Å². The number of carbonyl (C=O) groups excluding carboxylic acids is 1. The maximum atomic E-state index is 11.8. The minimum Gasteiger partial charge on any atom is -0.300 e. The van der Waals surface area contributed by atoms with Crippen molar-refractivity contribution in [2.45, 2.75) is 78.1 Å². The molecule has 1 nitrogen and oxygen atoms in total. The van der Waals surface area contributed by atoms with E-state index in [9.17, 15) is 4.79 Å². The molecule has 0 radical (unpaired) electrons. The largest absolute Gasteiger partial charge is 0.300 e. The maximum absolute atomic E-state index is 11.8. The van der Waals surface area contributed by atoms with Crippen molar-refractivity contribution in [2.75, 3.05) is 0 Å². The van der Waals surface area contributed by atoms with Gasteiger partial charge in [-0.2, -0.15) is 0 Å². The molecule has 1 heteroatoms. The van der Waals surface area contributed by atoms with Gasteiger partial charge in [-0.05, 0) is 92.3 Å². The molecule has 118 valence electrons. The lowest BCUT2D eigenvalue weighted by Crippen LogP contribution is -2.49. The van der Waals surface area contributed by atoms with Crippen molar-refractivity contribution in [1.29, 1.82) is 0 Å². The third-order valence-electron chi connectivity index (χ3n) is 8.57. The van der Waals surface area contributed by atoms with E-state index in [1.165, 1.54) is 51.4 Å². The SMILES string of the molecule is CCC12CCC3C(CCC4CC(=O)CC[C@@H]43)C1CCC2C. The minimum absolute atomic E-state index is 0.558. The van der Waals surface area contributed by atoms with Gasteiger partial charge in [-0.3, -0.25) is 4.79 Å². The van der Waals surface area contributed by atoms with Crippen LogP contribution in [0.5, 0.6) is 0 Å². The molecule has 0 heterocycles. The fourth-order valence-electron chi connectivity index (χ4n) is 7.52. The average Bonchev–Trinajstić information content (AvgIpc) is 2.84. The van der Waals surface area contributed by atoms with Crippen molar-refractivity contribution in [3.63, 3.8) is 0 Å². The lowest BCUT2D eigenvalue weighted by Gasteiger charge is -2.56. The summed E-state index contributed by atoms with van der Waals surface area (Å²) in [4.78, 5) is 11.8. The van der Waals surface area contributed by atoms with Crippen molar-refractivity contribution >= 4 is 5.78 Å². The summed E-state index contributed by atoms with van der Waals surface area (Å²) in [5.41, 5.74) is 0.693. The Bertz CT molecular complexity index is 428. The Balaban J connectivity index is 1.59. The molecule has 6 unspecified atom stereocenters. The molecule has 0 aromatic rings. The van der Waals surface area contributed by atoms with Crippen LogP contribution in [0.3, 0.4) is 0 Å². The average molecular weight is 288 g/mol. The van der Waals surface area contributed by atoms with Gasteiger partial charge in [-0.15, -0.1) is 0 Å². The van der Waals surface area contributed by atoms with Crippen molar-refractivity contribution < 1.29 is 4.79 Å². The first-order valence-corrected chi connectivity index (χ1v) is 9.67. The number of ketones is 1. The summed E-state index contributed by atoms with van der Waals surface area (Å²) in [7, 11) is 0. The van der Waals surface area contributed by atoms with Gasteiger partial charge in [-0.1, -0.05) is 13.8 Å². The van der Waals surface area contributed by atoms with E-state index in [1.54, 1.807) is 0 Å². The molecule has 21 heavy (non-hydrogen) atoms. The normalized spacial score (nSPS) is 53.0. The summed E-state index contributed by atoms with van der Waals surface area (Å²) in [6, 6.07) is 0. The van der Waals surface area contributed by atoms with Gasteiger partial charge in [0.1, 0.15) is 5.78 Å². The molecule has 4 fully saturated rings. The molecule has 0 spiro atoms. The molecule has 0 aromatic carbocycles. The molecule has 0 aromatic heterocycles. The highest BCUT2D eigenvalue weighted by Gasteiger charge is 2.56. The van der Waals surface area contributed by atoms with Gasteiger partial charge in [0.2, 0.25) is 0 Å². The fourth-order valence-corrected chi connectivity index (χ4v) is 7.52. The van der Waals surface area contributed by atoms with Crippen LogP contribution in [0.25, 0.3) is 0 Å². The molecule has 4 saturated carbocycles. The first kappa shape index (κ1) is 14.3. The number of Topliss-reactive ketones (excluding diaryl/α,β-unsaturated/α-hetero) is 1. The first-order valence-electron chi connectivity index (χ1n) is 9.67. The van der Waals surface area contributed by atoms with E-state index in [0.29, 0.717) is 11.2 Å². The second kappa shape index (κ2) is 5.10. The van der Waals surface area contributed by atoms with Crippen LogP contribution in [0.2, 0.25) is 0 Å². The molecule has 0 aliphatic heterocycles. The van der Waals surface area contributed by atoms with E-state index in [0.717, 1.165) is 48.3 Å².